The fourth-order valence-electron chi connectivity index (χ4n) is 2.98. The predicted molar refractivity (Wildman–Crippen MR) is 104 cm³/mol. The number of benzene rings is 1. The molecule has 4 rings (SSSR count). The molecule has 0 saturated carbocycles. The highest BCUT2D eigenvalue weighted by Crippen LogP contribution is 2.31. The molecule has 0 saturated heterocycles. The second-order valence-corrected chi connectivity index (χ2v) is 6.90. The lowest BCUT2D eigenvalue weighted by Gasteiger charge is -2.13. The van der Waals surface area contributed by atoms with E-state index in [-0.39, 0.29) is 11.7 Å². The van der Waals surface area contributed by atoms with Gasteiger partial charge in [0, 0.05) is 24.9 Å². The molecule has 3 aromatic heterocycles. The minimum absolute atomic E-state index is 0.00875. The SMILES string of the molecule is CC(C)Oc1cc(-c2cc(=O)n3ncc(-c4ccnn4C)c3[nH]2)ccc1Cl. The molecule has 0 spiro atoms. The minimum atomic E-state index is -0.228. The van der Waals surface area contributed by atoms with Gasteiger partial charge < -0.3 is 9.72 Å². The van der Waals surface area contributed by atoms with Crippen LogP contribution in [0.1, 0.15) is 13.8 Å². The Hall–Kier alpha value is -3.06. The second-order valence-electron chi connectivity index (χ2n) is 6.49. The van der Waals surface area contributed by atoms with E-state index in [2.05, 4.69) is 15.2 Å². The molecule has 0 fully saturated rings. The second kappa shape index (κ2) is 6.59. The Bertz CT molecular complexity index is 1190. The van der Waals surface area contributed by atoms with Crippen LogP contribution in [0.2, 0.25) is 5.02 Å². The maximum Gasteiger partial charge on any atom is 0.274 e. The molecule has 4 aromatic rings. The Balaban J connectivity index is 1.89. The number of fused-ring (bicyclic) bond motifs is 1. The fourth-order valence-corrected chi connectivity index (χ4v) is 3.14. The third-order valence-electron chi connectivity index (χ3n) is 4.20. The summed E-state index contributed by atoms with van der Waals surface area (Å²) in [5, 5.41) is 8.92. The van der Waals surface area contributed by atoms with Crippen LogP contribution in [-0.2, 0) is 7.05 Å². The van der Waals surface area contributed by atoms with Gasteiger partial charge in [0.15, 0.2) is 0 Å². The molecule has 138 valence electrons. The van der Waals surface area contributed by atoms with Crippen LogP contribution >= 0.6 is 11.6 Å². The summed E-state index contributed by atoms with van der Waals surface area (Å²) in [5.41, 5.74) is 3.48. The number of ether oxygens (including phenoxy) is 1. The molecule has 1 N–H and O–H groups in total. The number of rotatable bonds is 4. The highest BCUT2D eigenvalue weighted by molar-refractivity contribution is 6.32. The van der Waals surface area contributed by atoms with Gasteiger partial charge in [-0.1, -0.05) is 17.7 Å². The van der Waals surface area contributed by atoms with E-state index in [4.69, 9.17) is 16.3 Å². The first-order valence-corrected chi connectivity index (χ1v) is 8.88. The van der Waals surface area contributed by atoms with Gasteiger partial charge in [0.2, 0.25) is 0 Å². The van der Waals surface area contributed by atoms with Crippen LogP contribution in [0, 0.1) is 0 Å². The van der Waals surface area contributed by atoms with Crippen LogP contribution in [0.4, 0.5) is 0 Å². The molecule has 0 bridgehead atoms. The Labute approximate surface area is 160 Å². The number of nitrogens with zero attached hydrogens (tertiary/aromatic N) is 4. The Morgan fingerprint density at radius 1 is 1.19 bits per heavy atom. The normalized spacial score (nSPS) is 11.4. The lowest BCUT2D eigenvalue weighted by atomic mass is 10.1. The highest BCUT2D eigenvalue weighted by atomic mass is 35.5. The third-order valence-corrected chi connectivity index (χ3v) is 4.51. The average molecular weight is 384 g/mol. The molecule has 0 radical (unpaired) electrons. The largest absolute Gasteiger partial charge is 0.489 e. The van der Waals surface area contributed by atoms with Crippen LogP contribution in [0.25, 0.3) is 28.2 Å². The van der Waals surface area contributed by atoms with Crippen molar-refractivity contribution in [2.75, 3.05) is 0 Å². The van der Waals surface area contributed by atoms with Crippen molar-refractivity contribution in [2.24, 2.45) is 7.05 Å². The first-order valence-electron chi connectivity index (χ1n) is 8.50. The summed E-state index contributed by atoms with van der Waals surface area (Å²) in [6.45, 7) is 3.87. The minimum Gasteiger partial charge on any atom is -0.489 e. The molecule has 0 aliphatic rings. The number of halogens is 1. The average Bonchev–Trinajstić information content (AvgIpc) is 3.22. The van der Waals surface area contributed by atoms with Crippen LogP contribution in [0.15, 0.2) is 47.5 Å². The summed E-state index contributed by atoms with van der Waals surface area (Å²) < 4.78 is 8.83. The van der Waals surface area contributed by atoms with Crippen molar-refractivity contribution in [3.05, 3.63) is 58.1 Å². The number of nitrogens with one attached hydrogen (secondary N) is 1. The molecule has 1 aromatic carbocycles. The maximum absolute atomic E-state index is 12.6. The number of aryl methyl sites for hydroxylation is 1. The van der Waals surface area contributed by atoms with E-state index in [0.717, 1.165) is 16.8 Å². The van der Waals surface area contributed by atoms with E-state index in [1.165, 1.54) is 10.6 Å². The van der Waals surface area contributed by atoms with Crippen LogP contribution < -0.4 is 10.3 Å². The van der Waals surface area contributed by atoms with Crippen molar-refractivity contribution in [2.45, 2.75) is 20.0 Å². The van der Waals surface area contributed by atoms with Gasteiger partial charge in [-0.05, 0) is 32.0 Å². The first kappa shape index (κ1) is 17.4. The quantitative estimate of drug-likeness (QED) is 0.584. The van der Waals surface area contributed by atoms with Gasteiger partial charge in [-0.3, -0.25) is 9.48 Å². The molecule has 8 heteroatoms. The molecule has 0 amide bonds. The molecular formula is C19H18ClN5O2. The molecule has 0 aliphatic heterocycles. The van der Waals surface area contributed by atoms with Crippen molar-refractivity contribution in [1.82, 2.24) is 24.4 Å². The predicted octanol–water partition coefficient (Wildman–Crippen LogP) is 3.53. The van der Waals surface area contributed by atoms with E-state index in [1.807, 2.05) is 39.1 Å². The van der Waals surface area contributed by atoms with Crippen molar-refractivity contribution in [3.8, 4) is 28.3 Å². The van der Waals surface area contributed by atoms with Crippen LogP contribution in [0.3, 0.4) is 0 Å². The monoisotopic (exact) mass is 383 g/mol. The van der Waals surface area contributed by atoms with E-state index >= 15 is 0 Å². The molecular weight excluding hydrogens is 366 g/mol. The van der Waals surface area contributed by atoms with E-state index in [9.17, 15) is 4.79 Å². The van der Waals surface area contributed by atoms with Crippen molar-refractivity contribution >= 4 is 17.2 Å². The molecule has 0 atom stereocenters. The zero-order chi connectivity index (χ0) is 19.1. The topological polar surface area (TPSA) is 77.2 Å². The summed E-state index contributed by atoms with van der Waals surface area (Å²) in [4.78, 5) is 15.9. The Kier molecular flexibility index (Phi) is 4.24. The number of hydrogen-bond donors (Lipinski definition) is 1. The maximum atomic E-state index is 12.6. The lowest BCUT2D eigenvalue weighted by molar-refractivity contribution is 0.242. The van der Waals surface area contributed by atoms with Crippen molar-refractivity contribution in [1.29, 1.82) is 0 Å². The van der Waals surface area contributed by atoms with E-state index < -0.39 is 0 Å². The third kappa shape index (κ3) is 3.10. The molecule has 3 heterocycles. The van der Waals surface area contributed by atoms with Gasteiger partial charge in [0.1, 0.15) is 11.4 Å². The van der Waals surface area contributed by atoms with Gasteiger partial charge in [0.05, 0.1) is 34.3 Å². The summed E-state index contributed by atoms with van der Waals surface area (Å²) in [6.07, 6.45) is 3.35. The van der Waals surface area contributed by atoms with E-state index in [0.29, 0.717) is 22.1 Å². The number of H-pyrrole nitrogens is 1. The van der Waals surface area contributed by atoms with E-state index in [1.54, 1.807) is 23.1 Å². The van der Waals surface area contributed by atoms with Crippen molar-refractivity contribution in [3.63, 3.8) is 0 Å². The Morgan fingerprint density at radius 2 is 2.00 bits per heavy atom. The first-order chi connectivity index (χ1) is 12.9. The van der Waals surface area contributed by atoms with Gasteiger partial charge in [-0.25, -0.2) is 0 Å². The summed E-state index contributed by atoms with van der Waals surface area (Å²) in [5.74, 6) is 0.574. The zero-order valence-corrected chi connectivity index (χ0v) is 15.9. The number of aromatic amines is 1. The van der Waals surface area contributed by atoms with Crippen molar-refractivity contribution < 1.29 is 4.74 Å². The van der Waals surface area contributed by atoms with Gasteiger partial charge >= 0.3 is 0 Å². The molecule has 0 aliphatic carbocycles. The zero-order valence-electron chi connectivity index (χ0n) is 15.1. The van der Waals surface area contributed by atoms with Gasteiger partial charge in [-0.2, -0.15) is 14.7 Å². The molecule has 27 heavy (non-hydrogen) atoms. The summed E-state index contributed by atoms with van der Waals surface area (Å²) in [6, 6.07) is 8.81. The lowest BCUT2D eigenvalue weighted by Crippen LogP contribution is -2.14. The molecule has 7 nitrogen and oxygen atoms in total. The van der Waals surface area contributed by atoms with Gasteiger partial charge in [-0.15, -0.1) is 0 Å². The number of aromatic nitrogens is 5. The molecule has 0 unspecified atom stereocenters. The van der Waals surface area contributed by atoms with Crippen LogP contribution in [-0.4, -0.2) is 30.5 Å². The van der Waals surface area contributed by atoms with Gasteiger partial charge in [0.25, 0.3) is 5.56 Å². The number of hydrogen-bond acceptors (Lipinski definition) is 4. The summed E-state index contributed by atoms with van der Waals surface area (Å²) >= 11 is 6.23. The Morgan fingerprint density at radius 3 is 2.70 bits per heavy atom. The van der Waals surface area contributed by atoms with Crippen LogP contribution in [0.5, 0.6) is 5.75 Å². The standard InChI is InChI=1S/C19H18ClN5O2/c1-11(2)27-17-8-12(4-5-14(17)20)15-9-18(26)25-19(23-15)13(10-22-25)16-6-7-21-24(16)3/h4-11,23H,1-3H3. The highest BCUT2D eigenvalue weighted by Gasteiger charge is 2.15. The smallest absolute Gasteiger partial charge is 0.274 e. The summed E-state index contributed by atoms with van der Waals surface area (Å²) in [7, 11) is 1.84. The fraction of sp³-hybridized carbons (Fsp3) is 0.211.